The van der Waals surface area contributed by atoms with Crippen LogP contribution in [0.25, 0.3) is 0 Å². The topological polar surface area (TPSA) is 73.1 Å². The first-order valence-corrected chi connectivity index (χ1v) is 6.09. The van der Waals surface area contributed by atoms with Crippen molar-refractivity contribution in [2.24, 2.45) is 5.14 Å². The van der Waals surface area contributed by atoms with Crippen molar-refractivity contribution in [2.45, 2.75) is 30.7 Å². The summed E-state index contributed by atoms with van der Waals surface area (Å²) >= 11 is 0. The lowest BCUT2D eigenvalue weighted by atomic mass is 10.0. The molecule has 0 unspecified atom stereocenters. The summed E-state index contributed by atoms with van der Waals surface area (Å²) in [6.07, 6.45) is 7.37. The molecule has 1 heterocycles. The van der Waals surface area contributed by atoms with Crippen LogP contribution in [-0.2, 0) is 10.0 Å². The molecule has 1 aliphatic rings. The lowest BCUT2D eigenvalue weighted by Gasteiger charge is -2.05. The summed E-state index contributed by atoms with van der Waals surface area (Å²) < 4.78 is 21.1. The van der Waals surface area contributed by atoms with Gasteiger partial charge in [-0.1, -0.05) is 31.7 Å². The van der Waals surface area contributed by atoms with Gasteiger partial charge in [0.15, 0.2) is 5.03 Å². The highest BCUT2D eigenvalue weighted by Crippen LogP contribution is 2.15. The Bertz CT molecular complexity index is 354. The third kappa shape index (κ3) is 3.85. The smallest absolute Gasteiger partial charge is 0.243 e. The van der Waals surface area contributed by atoms with Crippen LogP contribution in [0, 0.1) is 0 Å². The summed E-state index contributed by atoms with van der Waals surface area (Å²) in [6.45, 7) is 0. The molecule has 0 bridgehead atoms. The minimum absolute atomic E-state index is 0.102. The first-order valence-electron chi connectivity index (χ1n) is 4.54. The molecule has 0 saturated heterocycles. The molecule has 2 rings (SSSR count). The Labute approximate surface area is 84.2 Å². The molecular formula is C9H14N2O2S. The Morgan fingerprint density at radius 3 is 1.93 bits per heavy atom. The fraction of sp³-hybridized carbons (Fsp3) is 0.444. The highest BCUT2D eigenvalue weighted by Gasteiger charge is 2.05. The van der Waals surface area contributed by atoms with Crippen molar-refractivity contribution in [3.63, 3.8) is 0 Å². The summed E-state index contributed by atoms with van der Waals surface area (Å²) in [6, 6.07) is 4.52. The van der Waals surface area contributed by atoms with E-state index in [1.54, 1.807) is 12.1 Å². The quantitative estimate of drug-likeness (QED) is 0.765. The number of primary sulfonamides is 1. The predicted molar refractivity (Wildman–Crippen MR) is 54.1 cm³/mol. The van der Waals surface area contributed by atoms with Crippen LogP contribution < -0.4 is 5.14 Å². The molecule has 1 saturated carbocycles. The van der Waals surface area contributed by atoms with Gasteiger partial charge in [-0.05, 0) is 12.1 Å². The van der Waals surface area contributed by atoms with Crippen LogP contribution in [0.15, 0.2) is 29.4 Å². The van der Waals surface area contributed by atoms with Gasteiger partial charge in [0.2, 0.25) is 0 Å². The van der Waals surface area contributed by atoms with Crippen molar-refractivity contribution in [3.05, 3.63) is 24.4 Å². The highest BCUT2D eigenvalue weighted by atomic mass is 32.2. The molecule has 2 N–H and O–H groups in total. The van der Waals surface area contributed by atoms with Crippen molar-refractivity contribution in [3.8, 4) is 0 Å². The van der Waals surface area contributed by atoms with Crippen LogP contribution in [-0.4, -0.2) is 13.4 Å². The minimum atomic E-state index is -3.61. The van der Waals surface area contributed by atoms with Gasteiger partial charge in [-0.2, -0.15) is 0 Å². The van der Waals surface area contributed by atoms with Gasteiger partial charge in [-0.3, -0.25) is 0 Å². The van der Waals surface area contributed by atoms with Crippen molar-refractivity contribution in [1.82, 2.24) is 4.98 Å². The van der Waals surface area contributed by atoms with E-state index in [1.165, 1.54) is 37.9 Å². The zero-order chi connectivity index (χ0) is 10.4. The lowest BCUT2D eigenvalue weighted by Crippen LogP contribution is -2.13. The van der Waals surface area contributed by atoms with Gasteiger partial charge in [-0.25, -0.2) is 18.5 Å². The first-order chi connectivity index (χ1) is 6.61. The molecule has 1 fully saturated rings. The number of rotatable bonds is 1. The molecule has 1 aromatic rings. The highest BCUT2D eigenvalue weighted by molar-refractivity contribution is 7.89. The van der Waals surface area contributed by atoms with Gasteiger partial charge in [0, 0.05) is 6.20 Å². The van der Waals surface area contributed by atoms with Crippen LogP contribution in [0.5, 0.6) is 0 Å². The van der Waals surface area contributed by atoms with Crippen molar-refractivity contribution in [2.75, 3.05) is 0 Å². The summed E-state index contributed by atoms with van der Waals surface area (Å²) in [7, 11) is -3.61. The molecule has 14 heavy (non-hydrogen) atoms. The van der Waals surface area contributed by atoms with Crippen LogP contribution >= 0.6 is 0 Å². The minimum Gasteiger partial charge on any atom is -0.243 e. The second kappa shape index (κ2) is 5.07. The molecule has 0 radical (unpaired) electrons. The molecule has 78 valence electrons. The lowest BCUT2D eigenvalue weighted by molar-refractivity contribution is 0.504. The van der Waals surface area contributed by atoms with Crippen LogP contribution in [0.3, 0.4) is 0 Å². The zero-order valence-corrected chi connectivity index (χ0v) is 8.70. The average molecular weight is 214 g/mol. The van der Waals surface area contributed by atoms with Gasteiger partial charge < -0.3 is 0 Å². The van der Waals surface area contributed by atoms with Gasteiger partial charge in [-0.15, -0.1) is 0 Å². The number of nitrogens with zero attached hydrogens (tertiary/aromatic N) is 1. The van der Waals surface area contributed by atoms with E-state index in [-0.39, 0.29) is 5.03 Å². The third-order valence-electron chi connectivity index (χ3n) is 1.93. The predicted octanol–water partition coefficient (Wildman–Crippen LogP) is 1.29. The second-order valence-corrected chi connectivity index (χ2v) is 4.64. The maximum atomic E-state index is 10.5. The van der Waals surface area contributed by atoms with E-state index >= 15 is 0 Å². The summed E-state index contributed by atoms with van der Waals surface area (Å²) in [4.78, 5) is 3.54. The largest absolute Gasteiger partial charge is 0.255 e. The van der Waals surface area contributed by atoms with Crippen LogP contribution in [0.4, 0.5) is 0 Å². The number of pyridine rings is 1. The van der Waals surface area contributed by atoms with Crippen molar-refractivity contribution >= 4 is 10.0 Å². The SMILES string of the molecule is C1CCC1.NS(=O)(=O)c1ccccn1. The maximum Gasteiger partial charge on any atom is 0.255 e. The van der Waals surface area contributed by atoms with Crippen LogP contribution in [0.2, 0.25) is 0 Å². The average Bonchev–Trinajstić information content (AvgIpc) is 2.01. The van der Waals surface area contributed by atoms with E-state index in [0.29, 0.717) is 0 Å². The van der Waals surface area contributed by atoms with Gasteiger partial charge in [0.1, 0.15) is 0 Å². The third-order valence-corrected chi connectivity index (χ3v) is 2.75. The summed E-state index contributed by atoms with van der Waals surface area (Å²) in [5.74, 6) is 0. The Kier molecular flexibility index (Phi) is 4.03. The van der Waals surface area contributed by atoms with Gasteiger partial charge >= 0.3 is 0 Å². The van der Waals surface area contributed by atoms with E-state index in [9.17, 15) is 8.42 Å². The van der Waals surface area contributed by atoms with Crippen molar-refractivity contribution < 1.29 is 8.42 Å². The molecule has 4 nitrogen and oxygen atoms in total. The first kappa shape index (κ1) is 11.1. The number of sulfonamides is 1. The molecule has 0 spiro atoms. The second-order valence-electron chi connectivity index (χ2n) is 3.13. The maximum absolute atomic E-state index is 10.5. The van der Waals surface area contributed by atoms with Gasteiger partial charge in [0.25, 0.3) is 10.0 Å². The summed E-state index contributed by atoms with van der Waals surface area (Å²) in [5.41, 5.74) is 0. The number of nitrogens with two attached hydrogens (primary N) is 1. The molecule has 0 aliphatic heterocycles. The monoisotopic (exact) mass is 214 g/mol. The Morgan fingerprint density at radius 1 is 1.14 bits per heavy atom. The van der Waals surface area contributed by atoms with E-state index in [1.807, 2.05) is 0 Å². The van der Waals surface area contributed by atoms with E-state index in [4.69, 9.17) is 5.14 Å². The zero-order valence-electron chi connectivity index (χ0n) is 7.89. The number of hydrogen-bond acceptors (Lipinski definition) is 3. The van der Waals surface area contributed by atoms with E-state index in [2.05, 4.69) is 4.98 Å². The van der Waals surface area contributed by atoms with Crippen LogP contribution in [0.1, 0.15) is 25.7 Å². The molecule has 1 aromatic heterocycles. The van der Waals surface area contributed by atoms with Gasteiger partial charge in [0.05, 0.1) is 0 Å². The Morgan fingerprint density at radius 2 is 1.71 bits per heavy atom. The number of hydrogen-bond donors (Lipinski definition) is 1. The molecule has 1 aliphatic carbocycles. The normalized spacial score (nSPS) is 14.9. The number of aromatic nitrogens is 1. The van der Waals surface area contributed by atoms with Crippen molar-refractivity contribution in [1.29, 1.82) is 0 Å². The molecule has 0 aromatic carbocycles. The molecule has 0 amide bonds. The fourth-order valence-corrected chi connectivity index (χ4v) is 1.24. The molecular weight excluding hydrogens is 200 g/mol. The standard InChI is InChI=1S/C5H6N2O2S.C4H8/c6-10(8,9)5-3-1-2-4-7-5;1-2-4-3-1/h1-4H,(H2,6,8,9);1-4H2. The molecule has 0 atom stereocenters. The fourth-order valence-electron chi connectivity index (χ4n) is 0.765. The summed E-state index contributed by atoms with van der Waals surface area (Å²) in [5, 5.41) is 4.66. The molecule has 5 heteroatoms. The Balaban J connectivity index is 0.000000203. The Hall–Kier alpha value is -0.940. The van der Waals surface area contributed by atoms with E-state index < -0.39 is 10.0 Å². The van der Waals surface area contributed by atoms with E-state index in [0.717, 1.165) is 0 Å².